The van der Waals surface area contributed by atoms with Gasteiger partial charge in [-0.15, -0.1) is 0 Å². The van der Waals surface area contributed by atoms with Crippen LogP contribution in [0.4, 0.5) is 0 Å². The molecule has 1 nitrogen and oxygen atoms in total. The molecule has 2 aromatic rings. The lowest BCUT2D eigenvalue weighted by Gasteiger charge is -2.21. The quantitative estimate of drug-likeness (QED) is 0.795. The van der Waals surface area contributed by atoms with Crippen LogP contribution in [-0.2, 0) is 6.54 Å². The molecule has 1 aliphatic heterocycles. The molecule has 19 heavy (non-hydrogen) atoms. The van der Waals surface area contributed by atoms with E-state index in [2.05, 4.69) is 72.5 Å². The highest BCUT2D eigenvalue weighted by Gasteiger charge is 2.29. The van der Waals surface area contributed by atoms with Gasteiger partial charge in [0.25, 0.3) is 0 Å². The number of nitrogens with zero attached hydrogens (tertiary/aromatic N) is 1. The molecule has 2 aromatic carbocycles. The molecular formula is C18H21N. The zero-order valence-corrected chi connectivity index (χ0v) is 11.5. The largest absolute Gasteiger partial charge is 0.296 e. The first-order valence-electron chi connectivity index (χ1n) is 7.16. The highest BCUT2D eigenvalue weighted by atomic mass is 15.2. The van der Waals surface area contributed by atoms with Crippen LogP contribution in [0.25, 0.3) is 0 Å². The maximum Gasteiger partial charge on any atom is 0.0236 e. The highest BCUT2D eigenvalue weighted by molar-refractivity contribution is 5.22. The Hall–Kier alpha value is -1.60. The van der Waals surface area contributed by atoms with Gasteiger partial charge in [0.1, 0.15) is 0 Å². The van der Waals surface area contributed by atoms with E-state index in [0.717, 1.165) is 6.54 Å². The zero-order chi connectivity index (χ0) is 13.1. The summed E-state index contributed by atoms with van der Waals surface area (Å²) >= 11 is 0. The van der Waals surface area contributed by atoms with Crippen LogP contribution < -0.4 is 0 Å². The van der Waals surface area contributed by atoms with Crippen molar-refractivity contribution in [1.29, 1.82) is 0 Å². The van der Waals surface area contributed by atoms with E-state index in [1.54, 1.807) is 0 Å². The van der Waals surface area contributed by atoms with Gasteiger partial charge in [0.05, 0.1) is 0 Å². The Morgan fingerprint density at radius 3 is 2.26 bits per heavy atom. The average molecular weight is 251 g/mol. The van der Waals surface area contributed by atoms with Crippen LogP contribution in [-0.4, -0.2) is 17.5 Å². The van der Waals surface area contributed by atoms with Crippen molar-refractivity contribution in [3.8, 4) is 0 Å². The Morgan fingerprint density at radius 1 is 0.947 bits per heavy atom. The summed E-state index contributed by atoms with van der Waals surface area (Å²) < 4.78 is 0. The van der Waals surface area contributed by atoms with Crippen LogP contribution in [0.5, 0.6) is 0 Å². The molecule has 1 aliphatic rings. The van der Waals surface area contributed by atoms with Crippen molar-refractivity contribution in [2.24, 2.45) is 0 Å². The third kappa shape index (κ3) is 2.87. The van der Waals surface area contributed by atoms with Crippen molar-refractivity contribution in [1.82, 2.24) is 4.90 Å². The summed E-state index contributed by atoms with van der Waals surface area (Å²) in [5, 5.41) is 0. The summed E-state index contributed by atoms with van der Waals surface area (Å²) in [4.78, 5) is 2.60. The van der Waals surface area contributed by atoms with E-state index in [-0.39, 0.29) is 0 Å². The van der Waals surface area contributed by atoms with Crippen LogP contribution in [0.2, 0.25) is 0 Å². The van der Waals surface area contributed by atoms with Crippen molar-refractivity contribution in [3.63, 3.8) is 0 Å². The molecule has 3 rings (SSSR count). The lowest BCUT2D eigenvalue weighted by Crippen LogP contribution is -2.26. The van der Waals surface area contributed by atoms with E-state index < -0.39 is 0 Å². The molecule has 0 aliphatic carbocycles. The molecule has 98 valence electrons. The van der Waals surface area contributed by atoms with Gasteiger partial charge < -0.3 is 0 Å². The molecule has 1 fully saturated rings. The fraction of sp³-hybridized carbons (Fsp3) is 0.333. The molecule has 0 spiro atoms. The van der Waals surface area contributed by atoms with E-state index in [9.17, 15) is 0 Å². The maximum absolute atomic E-state index is 2.60. The normalized spacial score (nSPS) is 23.6. The van der Waals surface area contributed by atoms with Gasteiger partial charge in [0.2, 0.25) is 0 Å². The molecule has 0 N–H and O–H groups in total. The van der Waals surface area contributed by atoms with Crippen molar-refractivity contribution in [2.45, 2.75) is 31.8 Å². The van der Waals surface area contributed by atoms with Crippen molar-refractivity contribution < 1.29 is 0 Å². The summed E-state index contributed by atoms with van der Waals surface area (Å²) in [5.41, 5.74) is 2.91. The van der Waals surface area contributed by atoms with Crippen molar-refractivity contribution in [3.05, 3.63) is 71.8 Å². The van der Waals surface area contributed by atoms with E-state index in [0.29, 0.717) is 12.0 Å². The van der Waals surface area contributed by atoms with E-state index in [1.807, 2.05) is 0 Å². The van der Waals surface area contributed by atoms with Crippen LogP contribution in [0.15, 0.2) is 60.7 Å². The predicted octanol–water partition coefficient (Wildman–Crippen LogP) is 4.06. The Morgan fingerprint density at radius 2 is 1.58 bits per heavy atom. The Kier molecular flexibility index (Phi) is 3.65. The SMILES string of the molecule is CC1CC(c2ccccc2)CN1Cc1ccccc1. The fourth-order valence-corrected chi connectivity index (χ4v) is 3.10. The molecule has 0 aromatic heterocycles. The summed E-state index contributed by atoms with van der Waals surface area (Å²) in [6.07, 6.45) is 1.27. The van der Waals surface area contributed by atoms with Gasteiger partial charge in [-0.3, -0.25) is 4.90 Å². The molecule has 0 bridgehead atoms. The van der Waals surface area contributed by atoms with Gasteiger partial charge >= 0.3 is 0 Å². The second-order valence-corrected chi connectivity index (χ2v) is 5.61. The molecule has 2 atom stereocenters. The predicted molar refractivity (Wildman–Crippen MR) is 80.1 cm³/mol. The third-order valence-corrected chi connectivity index (χ3v) is 4.20. The number of hydrogen-bond acceptors (Lipinski definition) is 1. The molecule has 2 unspecified atom stereocenters. The molecule has 0 saturated carbocycles. The molecular weight excluding hydrogens is 230 g/mol. The molecule has 1 heteroatoms. The fourth-order valence-electron chi connectivity index (χ4n) is 3.10. The highest BCUT2D eigenvalue weighted by Crippen LogP contribution is 2.32. The topological polar surface area (TPSA) is 3.24 Å². The smallest absolute Gasteiger partial charge is 0.0236 e. The minimum absolute atomic E-state index is 0.672. The summed E-state index contributed by atoms with van der Waals surface area (Å²) in [7, 11) is 0. The molecule has 1 saturated heterocycles. The number of hydrogen-bond donors (Lipinski definition) is 0. The van der Waals surface area contributed by atoms with Gasteiger partial charge in [-0.05, 0) is 30.4 Å². The van der Waals surface area contributed by atoms with Crippen LogP contribution >= 0.6 is 0 Å². The van der Waals surface area contributed by atoms with E-state index in [4.69, 9.17) is 0 Å². The van der Waals surface area contributed by atoms with Crippen molar-refractivity contribution >= 4 is 0 Å². The first kappa shape index (κ1) is 12.4. The maximum atomic E-state index is 2.60. The summed E-state index contributed by atoms with van der Waals surface area (Å²) in [6.45, 7) is 4.61. The minimum atomic E-state index is 0.672. The minimum Gasteiger partial charge on any atom is -0.296 e. The number of benzene rings is 2. The Balaban J connectivity index is 1.69. The van der Waals surface area contributed by atoms with Crippen LogP contribution in [0.3, 0.4) is 0 Å². The van der Waals surface area contributed by atoms with Gasteiger partial charge in [-0.25, -0.2) is 0 Å². The summed E-state index contributed by atoms with van der Waals surface area (Å²) in [5.74, 6) is 0.694. The third-order valence-electron chi connectivity index (χ3n) is 4.20. The Labute approximate surface area is 115 Å². The first-order valence-corrected chi connectivity index (χ1v) is 7.16. The molecule has 0 amide bonds. The standard InChI is InChI=1S/C18H21N/c1-15-12-18(17-10-6-3-7-11-17)14-19(15)13-16-8-4-2-5-9-16/h2-11,15,18H,12-14H2,1H3. The second-order valence-electron chi connectivity index (χ2n) is 5.61. The Bertz CT molecular complexity index is 506. The lowest BCUT2D eigenvalue weighted by atomic mass is 9.97. The lowest BCUT2D eigenvalue weighted by molar-refractivity contribution is 0.259. The number of likely N-dealkylation sites (tertiary alicyclic amines) is 1. The van der Waals surface area contributed by atoms with Gasteiger partial charge in [0.15, 0.2) is 0 Å². The van der Waals surface area contributed by atoms with Gasteiger partial charge in [-0.1, -0.05) is 60.7 Å². The monoisotopic (exact) mass is 251 g/mol. The molecule has 1 heterocycles. The summed E-state index contributed by atoms with van der Waals surface area (Å²) in [6, 6.07) is 22.4. The average Bonchev–Trinajstić information content (AvgIpc) is 2.82. The van der Waals surface area contributed by atoms with Gasteiger partial charge in [0, 0.05) is 19.1 Å². The first-order chi connectivity index (χ1) is 9.33. The van der Waals surface area contributed by atoms with Crippen LogP contribution in [0.1, 0.15) is 30.4 Å². The van der Waals surface area contributed by atoms with E-state index in [1.165, 1.54) is 24.1 Å². The number of rotatable bonds is 3. The molecule has 0 radical (unpaired) electrons. The van der Waals surface area contributed by atoms with Crippen LogP contribution in [0, 0.1) is 0 Å². The van der Waals surface area contributed by atoms with Gasteiger partial charge in [-0.2, -0.15) is 0 Å². The van der Waals surface area contributed by atoms with E-state index >= 15 is 0 Å². The van der Waals surface area contributed by atoms with Crippen molar-refractivity contribution in [2.75, 3.05) is 6.54 Å². The zero-order valence-electron chi connectivity index (χ0n) is 11.5. The second kappa shape index (κ2) is 5.58.